The molecule has 1 heterocycles. The molecule has 0 aromatic carbocycles. The third kappa shape index (κ3) is 4.92. The van der Waals surface area contributed by atoms with E-state index in [-0.39, 0.29) is 11.7 Å². The molecule has 1 aromatic rings. The van der Waals surface area contributed by atoms with Crippen molar-refractivity contribution in [2.75, 3.05) is 25.2 Å². The zero-order valence-corrected chi connectivity index (χ0v) is 12.3. The van der Waals surface area contributed by atoms with Gasteiger partial charge in [-0.1, -0.05) is 13.0 Å². The van der Waals surface area contributed by atoms with Crippen molar-refractivity contribution in [3.63, 3.8) is 0 Å². The maximum Gasteiger partial charge on any atom is 0.214 e. The molecule has 0 saturated carbocycles. The monoisotopic (exact) mass is 290 g/mol. The van der Waals surface area contributed by atoms with Crippen LogP contribution in [0, 0.1) is 5.92 Å². The van der Waals surface area contributed by atoms with E-state index in [0.717, 1.165) is 5.69 Å². The second-order valence-electron chi connectivity index (χ2n) is 4.43. The van der Waals surface area contributed by atoms with Crippen molar-refractivity contribution in [3.8, 4) is 0 Å². The maximum absolute atomic E-state index is 12.0. The molecule has 0 bridgehead atoms. The van der Waals surface area contributed by atoms with Crippen LogP contribution in [0.4, 0.5) is 0 Å². The van der Waals surface area contributed by atoms with Crippen molar-refractivity contribution in [3.05, 3.63) is 30.1 Å². The van der Waals surface area contributed by atoms with E-state index in [0.29, 0.717) is 18.8 Å². The number of rotatable bonds is 7. The molecule has 1 rings (SSSR count). The van der Waals surface area contributed by atoms with Crippen LogP contribution < -0.4 is 0 Å². The summed E-state index contributed by atoms with van der Waals surface area (Å²) in [6.45, 7) is 2.27. The van der Waals surface area contributed by atoms with E-state index in [1.54, 1.807) is 13.2 Å². The lowest BCUT2D eigenvalue weighted by atomic mass is 10.3. The number of hydrogen-bond acceptors (Lipinski definition) is 3. The summed E-state index contributed by atoms with van der Waals surface area (Å²) in [5, 5.41) is 0. The zero-order chi connectivity index (χ0) is 13.6. The highest BCUT2D eigenvalue weighted by Crippen LogP contribution is 2.08. The maximum atomic E-state index is 12.0. The van der Waals surface area contributed by atoms with Crippen LogP contribution in [-0.4, -0.2) is 42.9 Å². The summed E-state index contributed by atoms with van der Waals surface area (Å²) in [7, 11) is -1.62. The molecule has 4 nitrogen and oxygen atoms in total. The van der Waals surface area contributed by atoms with Crippen LogP contribution in [0.15, 0.2) is 24.4 Å². The molecule has 102 valence electrons. The van der Waals surface area contributed by atoms with E-state index in [1.165, 1.54) is 4.31 Å². The number of hydrogen-bond donors (Lipinski definition) is 0. The van der Waals surface area contributed by atoms with E-state index in [2.05, 4.69) is 4.98 Å². The zero-order valence-electron chi connectivity index (χ0n) is 10.7. The Balaban J connectivity index is 2.52. The van der Waals surface area contributed by atoms with Gasteiger partial charge in [-0.3, -0.25) is 4.98 Å². The predicted octanol–water partition coefficient (Wildman–Crippen LogP) is 1.76. The summed E-state index contributed by atoms with van der Waals surface area (Å²) in [6.07, 6.45) is 2.32. The molecule has 0 amide bonds. The summed E-state index contributed by atoms with van der Waals surface area (Å²) in [5.74, 6) is 0.414. The number of halogens is 1. The average molecular weight is 291 g/mol. The largest absolute Gasteiger partial charge is 0.261 e. The Bertz CT molecular complexity index is 450. The molecule has 0 aliphatic rings. The smallest absolute Gasteiger partial charge is 0.214 e. The van der Waals surface area contributed by atoms with Crippen molar-refractivity contribution in [1.82, 2.24) is 9.29 Å². The molecule has 1 atom stereocenters. The second-order valence-corrected chi connectivity index (χ2v) is 6.86. The molecular weight excluding hydrogens is 272 g/mol. The minimum atomic E-state index is -3.22. The third-order valence-corrected chi connectivity index (χ3v) is 5.29. The van der Waals surface area contributed by atoms with Crippen LogP contribution >= 0.6 is 11.6 Å². The molecule has 6 heteroatoms. The van der Waals surface area contributed by atoms with Crippen LogP contribution in [0.1, 0.15) is 12.6 Å². The first-order valence-corrected chi connectivity index (χ1v) is 8.00. The SMILES string of the molecule is CC(CCl)CS(=O)(=O)N(C)CCc1ccccn1. The van der Waals surface area contributed by atoms with Crippen molar-refractivity contribution in [2.24, 2.45) is 5.92 Å². The molecule has 1 aromatic heterocycles. The number of sulfonamides is 1. The highest BCUT2D eigenvalue weighted by atomic mass is 35.5. The first kappa shape index (κ1) is 15.4. The van der Waals surface area contributed by atoms with E-state index in [9.17, 15) is 8.42 Å². The number of likely N-dealkylation sites (N-methyl/N-ethyl adjacent to an activating group) is 1. The van der Waals surface area contributed by atoms with E-state index < -0.39 is 10.0 Å². The Morgan fingerprint density at radius 2 is 2.17 bits per heavy atom. The first-order valence-electron chi connectivity index (χ1n) is 5.85. The predicted molar refractivity (Wildman–Crippen MR) is 74.2 cm³/mol. The van der Waals surface area contributed by atoms with Gasteiger partial charge in [-0.05, 0) is 18.1 Å². The minimum Gasteiger partial charge on any atom is -0.261 e. The molecule has 1 unspecified atom stereocenters. The van der Waals surface area contributed by atoms with Gasteiger partial charge in [0.05, 0.1) is 5.75 Å². The van der Waals surface area contributed by atoms with Gasteiger partial charge in [-0.2, -0.15) is 0 Å². The number of pyridine rings is 1. The van der Waals surface area contributed by atoms with Crippen molar-refractivity contribution >= 4 is 21.6 Å². The van der Waals surface area contributed by atoms with Crippen molar-refractivity contribution in [1.29, 1.82) is 0 Å². The fourth-order valence-electron chi connectivity index (χ4n) is 1.49. The Hall–Kier alpha value is -0.650. The van der Waals surface area contributed by atoms with Crippen molar-refractivity contribution in [2.45, 2.75) is 13.3 Å². The standard InChI is InChI=1S/C12H19ClN2O2S/c1-11(9-13)10-18(16,17)15(2)8-6-12-5-3-4-7-14-12/h3-5,7,11H,6,8-10H2,1-2H3. The van der Waals surface area contributed by atoms with Crippen LogP contribution in [0.2, 0.25) is 0 Å². The molecule has 0 aliphatic heterocycles. The molecular formula is C12H19ClN2O2S. The Labute approximate surface area is 114 Å². The van der Waals surface area contributed by atoms with Crippen LogP contribution in [0.25, 0.3) is 0 Å². The van der Waals surface area contributed by atoms with Gasteiger partial charge in [-0.25, -0.2) is 12.7 Å². The summed E-state index contributed by atoms with van der Waals surface area (Å²) < 4.78 is 25.3. The lowest BCUT2D eigenvalue weighted by Crippen LogP contribution is -2.33. The van der Waals surface area contributed by atoms with E-state index >= 15 is 0 Å². The topological polar surface area (TPSA) is 50.3 Å². The lowest BCUT2D eigenvalue weighted by molar-refractivity contribution is 0.464. The molecule has 0 radical (unpaired) electrons. The van der Waals surface area contributed by atoms with E-state index in [4.69, 9.17) is 11.6 Å². The van der Waals surface area contributed by atoms with Gasteiger partial charge >= 0.3 is 0 Å². The van der Waals surface area contributed by atoms with Crippen LogP contribution in [-0.2, 0) is 16.4 Å². The van der Waals surface area contributed by atoms with Gasteiger partial charge in [0, 0.05) is 37.8 Å². The molecule has 0 fully saturated rings. The molecule has 0 N–H and O–H groups in total. The van der Waals surface area contributed by atoms with Crippen LogP contribution in [0.5, 0.6) is 0 Å². The molecule has 0 saturated heterocycles. The minimum absolute atomic E-state index is 0.0334. The van der Waals surface area contributed by atoms with Gasteiger partial charge in [0.2, 0.25) is 10.0 Å². The Morgan fingerprint density at radius 3 is 2.72 bits per heavy atom. The Morgan fingerprint density at radius 1 is 1.44 bits per heavy atom. The molecule has 0 aliphatic carbocycles. The summed E-state index contributed by atoms with van der Waals surface area (Å²) >= 11 is 5.64. The summed E-state index contributed by atoms with van der Waals surface area (Å²) in [6, 6.07) is 5.63. The van der Waals surface area contributed by atoms with Crippen LogP contribution in [0.3, 0.4) is 0 Å². The lowest BCUT2D eigenvalue weighted by Gasteiger charge is -2.18. The van der Waals surface area contributed by atoms with Gasteiger partial charge in [0.1, 0.15) is 0 Å². The van der Waals surface area contributed by atoms with Gasteiger partial charge < -0.3 is 0 Å². The average Bonchev–Trinajstić information content (AvgIpc) is 2.36. The summed E-state index contributed by atoms with van der Waals surface area (Å²) in [4.78, 5) is 4.17. The third-order valence-electron chi connectivity index (χ3n) is 2.64. The second kappa shape index (κ2) is 7.07. The highest BCUT2D eigenvalue weighted by molar-refractivity contribution is 7.89. The van der Waals surface area contributed by atoms with Gasteiger partial charge in [-0.15, -0.1) is 11.6 Å². The van der Waals surface area contributed by atoms with Gasteiger partial charge in [0.15, 0.2) is 0 Å². The number of nitrogens with zero attached hydrogens (tertiary/aromatic N) is 2. The highest BCUT2D eigenvalue weighted by Gasteiger charge is 2.20. The first-order chi connectivity index (χ1) is 8.45. The fourth-order valence-corrected chi connectivity index (χ4v) is 3.19. The number of alkyl halides is 1. The Kier molecular flexibility index (Phi) is 6.05. The summed E-state index contributed by atoms with van der Waals surface area (Å²) in [5.41, 5.74) is 0.893. The molecule has 0 spiro atoms. The normalized spacial score (nSPS) is 13.8. The van der Waals surface area contributed by atoms with E-state index in [1.807, 2.05) is 25.1 Å². The quantitative estimate of drug-likeness (QED) is 0.719. The fraction of sp³-hybridized carbons (Fsp3) is 0.583. The number of aromatic nitrogens is 1. The molecule has 18 heavy (non-hydrogen) atoms. The van der Waals surface area contributed by atoms with Crippen molar-refractivity contribution < 1.29 is 8.42 Å². The van der Waals surface area contributed by atoms with Gasteiger partial charge in [0.25, 0.3) is 0 Å².